The lowest BCUT2D eigenvalue weighted by Gasteiger charge is -2.24. The van der Waals surface area contributed by atoms with E-state index >= 15 is 0 Å². The molecule has 8 nitrogen and oxygen atoms in total. The van der Waals surface area contributed by atoms with E-state index in [-0.39, 0.29) is 18.4 Å². The SMILES string of the molecule is C=CCN(C(CC(C)C)C(=O)NCCc1ccc(OC)c(OC)c1)[N+](=O)[O-]. The second-order valence-corrected chi connectivity index (χ2v) is 6.52. The summed E-state index contributed by atoms with van der Waals surface area (Å²) in [6.45, 7) is 7.76. The third kappa shape index (κ3) is 6.80. The number of nitrogens with zero attached hydrogens (tertiary/aromatic N) is 2. The molecule has 150 valence electrons. The van der Waals surface area contributed by atoms with Crippen LogP contribution in [0.25, 0.3) is 0 Å². The zero-order valence-corrected chi connectivity index (χ0v) is 16.4. The Morgan fingerprint density at radius 1 is 1.33 bits per heavy atom. The van der Waals surface area contributed by atoms with Crippen LogP contribution in [0.15, 0.2) is 30.9 Å². The van der Waals surface area contributed by atoms with Crippen molar-refractivity contribution in [2.75, 3.05) is 27.3 Å². The third-order valence-electron chi connectivity index (χ3n) is 4.04. The Balaban J connectivity index is 2.76. The van der Waals surface area contributed by atoms with Gasteiger partial charge in [-0.15, -0.1) is 11.6 Å². The number of carbonyl (C=O) groups excluding carboxylic acids is 1. The maximum absolute atomic E-state index is 12.6. The van der Waals surface area contributed by atoms with E-state index in [1.807, 2.05) is 26.0 Å². The lowest BCUT2D eigenvalue weighted by atomic mass is 10.0. The van der Waals surface area contributed by atoms with Gasteiger partial charge in [-0.05, 0) is 36.5 Å². The first kappa shape index (κ1) is 22.3. The molecule has 1 aromatic rings. The van der Waals surface area contributed by atoms with Crippen LogP contribution in [0.2, 0.25) is 0 Å². The molecule has 0 spiro atoms. The van der Waals surface area contributed by atoms with Crippen molar-refractivity contribution < 1.29 is 19.3 Å². The molecule has 0 aliphatic rings. The number of nitrogens with one attached hydrogen (secondary N) is 1. The predicted octanol–water partition coefficient (Wildman–Crippen LogP) is 2.46. The van der Waals surface area contributed by atoms with Crippen LogP contribution in [-0.2, 0) is 11.2 Å². The molecule has 0 saturated carbocycles. The summed E-state index contributed by atoms with van der Waals surface area (Å²) in [4.78, 5) is 23.9. The summed E-state index contributed by atoms with van der Waals surface area (Å²) < 4.78 is 10.5. The van der Waals surface area contributed by atoms with Gasteiger partial charge in [-0.25, -0.2) is 10.1 Å². The molecule has 1 amide bonds. The molecule has 0 aromatic heterocycles. The van der Waals surface area contributed by atoms with Crippen LogP contribution in [-0.4, -0.2) is 49.3 Å². The summed E-state index contributed by atoms with van der Waals surface area (Å²) in [5, 5.41) is 14.5. The minimum atomic E-state index is -0.844. The molecule has 8 heteroatoms. The standard InChI is InChI=1S/C19H29N3O5/c1-6-11-21(22(24)25)16(12-14(2)3)19(23)20-10-9-15-7-8-17(26-4)18(13-15)27-5/h6-8,13-14,16H,1,9-12H2,2-5H3,(H,20,23). The topological polar surface area (TPSA) is 93.9 Å². The number of methoxy groups -OCH3 is 2. The molecule has 0 saturated heterocycles. The summed E-state index contributed by atoms with van der Waals surface area (Å²) in [7, 11) is 3.13. The van der Waals surface area contributed by atoms with Gasteiger partial charge in [-0.1, -0.05) is 26.0 Å². The molecule has 1 unspecified atom stereocenters. The van der Waals surface area contributed by atoms with Gasteiger partial charge >= 0.3 is 0 Å². The van der Waals surface area contributed by atoms with Crippen LogP contribution < -0.4 is 14.8 Å². The van der Waals surface area contributed by atoms with E-state index in [4.69, 9.17) is 9.47 Å². The van der Waals surface area contributed by atoms with Crippen molar-refractivity contribution in [1.82, 2.24) is 10.3 Å². The Hall–Kier alpha value is -2.77. The molecule has 27 heavy (non-hydrogen) atoms. The smallest absolute Gasteiger partial charge is 0.248 e. The highest BCUT2D eigenvalue weighted by Gasteiger charge is 2.32. The summed E-state index contributed by atoms with van der Waals surface area (Å²) in [6, 6.07) is 4.69. The molecule has 0 aliphatic carbocycles. The zero-order chi connectivity index (χ0) is 20.4. The number of hydrogen-bond acceptors (Lipinski definition) is 5. The normalized spacial score (nSPS) is 11.6. The molecule has 0 heterocycles. The molecule has 1 atom stereocenters. The number of ether oxygens (including phenoxy) is 2. The van der Waals surface area contributed by atoms with Crippen molar-refractivity contribution in [3.8, 4) is 11.5 Å². The van der Waals surface area contributed by atoms with Gasteiger partial charge in [0.2, 0.25) is 5.91 Å². The molecule has 1 rings (SSSR count). The van der Waals surface area contributed by atoms with Crippen molar-refractivity contribution >= 4 is 5.91 Å². The first-order valence-electron chi connectivity index (χ1n) is 8.84. The Labute approximate surface area is 160 Å². The highest BCUT2D eigenvalue weighted by atomic mass is 16.7. The molecule has 0 aliphatic heterocycles. The summed E-state index contributed by atoms with van der Waals surface area (Å²) in [5.74, 6) is 1.03. The summed E-state index contributed by atoms with van der Waals surface area (Å²) >= 11 is 0. The Morgan fingerprint density at radius 3 is 2.52 bits per heavy atom. The third-order valence-corrected chi connectivity index (χ3v) is 4.04. The van der Waals surface area contributed by atoms with Crippen molar-refractivity contribution in [1.29, 1.82) is 0 Å². The number of hydrogen-bond donors (Lipinski definition) is 1. The largest absolute Gasteiger partial charge is 0.493 e. The fourth-order valence-electron chi connectivity index (χ4n) is 2.73. The van der Waals surface area contributed by atoms with E-state index in [9.17, 15) is 14.9 Å². The molecule has 1 N–H and O–H groups in total. The molecule has 0 radical (unpaired) electrons. The Bertz CT molecular complexity index is 648. The van der Waals surface area contributed by atoms with Crippen molar-refractivity contribution in [2.45, 2.75) is 32.7 Å². The van der Waals surface area contributed by atoms with E-state index in [2.05, 4.69) is 11.9 Å². The minimum absolute atomic E-state index is 0.00743. The van der Waals surface area contributed by atoms with Gasteiger partial charge in [-0.3, -0.25) is 4.79 Å². The second-order valence-electron chi connectivity index (χ2n) is 6.52. The number of amides is 1. The fourth-order valence-corrected chi connectivity index (χ4v) is 2.73. The second kappa shape index (κ2) is 11.1. The van der Waals surface area contributed by atoms with Crippen molar-refractivity contribution in [3.63, 3.8) is 0 Å². The molecular formula is C19H29N3O5. The highest BCUT2D eigenvalue weighted by molar-refractivity contribution is 5.81. The van der Waals surface area contributed by atoms with Gasteiger partial charge in [0.25, 0.3) is 0 Å². The maximum Gasteiger partial charge on any atom is 0.248 e. The van der Waals surface area contributed by atoms with Gasteiger partial charge in [0.1, 0.15) is 0 Å². The predicted molar refractivity (Wildman–Crippen MR) is 103 cm³/mol. The number of rotatable bonds is 12. The number of nitro groups is 1. The van der Waals surface area contributed by atoms with Gasteiger partial charge in [0, 0.05) is 6.54 Å². The van der Waals surface area contributed by atoms with Crippen molar-refractivity contribution in [2.24, 2.45) is 5.92 Å². The van der Waals surface area contributed by atoms with Crippen LogP contribution in [0.5, 0.6) is 11.5 Å². The zero-order valence-electron chi connectivity index (χ0n) is 16.4. The summed E-state index contributed by atoms with van der Waals surface area (Å²) in [5.41, 5.74) is 0.964. The molecular weight excluding hydrogens is 350 g/mol. The van der Waals surface area contributed by atoms with Gasteiger partial charge in [-0.2, -0.15) is 0 Å². The minimum Gasteiger partial charge on any atom is -0.493 e. The van der Waals surface area contributed by atoms with E-state index in [0.29, 0.717) is 30.9 Å². The summed E-state index contributed by atoms with van der Waals surface area (Å²) in [6.07, 6.45) is 2.38. The molecule has 1 aromatic carbocycles. The van der Waals surface area contributed by atoms with Crippen LogP contribution >= 0.6 is 0 Å². The van der Waals surface area contributed by atoms with Gasteiger partial charge in [0.05, 0.1) is 20.8 Å². The molecule has 0 bridgehead atoms. The highest BCUT2D eigenvalue weighted by Crippen LogP contribution is 2.27. The molecule has 0 fully saturated rings. The number of benzene rings is 1. The van der Waals surface area contributed by atoms with Crippen molar-refractivity contribution in [3.05, 3.63) is 46.5 Å². The van der Waals surface area contributed by atoms with E-state index < -0.39 is 11.1 Å². The maximum atomic E-state index is 12.6. The quantitative estimate of drug-likeness (QED) is 0.341. The first-order valence-corrected chi connectivity index (χ1v) is 8.84. The monoisotopic (exact) mass is 379 g/mol. The Morgan fingerprint density at radius 2 is 2.00 bits per heavy atom. The van der Waals surface area contributed by atoms with Gasteiger partial charge in [0.15, 0.2) is 22.6 Å². The van der Waals surface area contributed by atoms with E-state index in [1.54, 1.807) is 20.3 Å². The van der Waals surface area contributed by atoms with Crippen LogP contribution in [0.4, 0.5) is 0 Å². The average molecular weight is 379 g/mol. The van der Waals surface area contributed by atoms with E-state index in [0.717, 1.165) is 10.6 Å². The Kier molecular flexibility index (Phi) is 9.12. The first-order chi connectivity index (χ1) is 12.8. The van der Waals surface area contributed by atoms with Crippen LogP contribution in [0, 0.1) is 16.0 Å². The van der Waals surface area contributed by atoms with Crippen LogP contribution in [0.3, 0.4) is 0 Å². The van der Waals surface area contributed by atoms with E-state index in [1.165, 1.54) is 6.08 Å². The van der Waals surface area contributed by atoms with Gasteiger partial charge < -0.3 is 14.8 Å². The number of hydrazine groups is 1. The average Bonchev–Trinajstić information content (AvgIpc) is 2.63. The van der Waals surface area contributed by atoms with Crippen LogP contribution in [0.1, 0.15) is 25.8 Å². The number of carbonyl (C=O) groups is 1. The lowest BCUT2D eigenvalue weighted by molar-refractivity contribution is -0.659. The fraction of sp³-hybridized carbons (Fsp3) is 0.526. The lowest BCUT2D eigenvalue weighted by Crippen LogP contribution is -2.50.